The van der Waals surface area contributed by atoms with Crippen LogP contribution in [-0.2, 0) is 6.42 Å². The molecule has 0 unspecified atom stereocenters. The summed E-state index contributed by atoms with van der Waals surface area (Å²) in [6, 6.07) is 0. The van der Waals surface area contributed by atoms with Crippen LogP contribution in [0.15, 0.2) is 17.1 Å². The molecule has 0 spiro atoms. The number of rotatable bonds is 2. The van der Waals surface area contributed by atoms with Crippen LogP contribution < -0.4 is 0 Å². The molecule has 0 aliphatic rings. The Morgan fingerprint density at radius 2 is 1.79 bits per heavy atom. The van der Waals surface area contributed by atoms with E-state index in [-0.39, 0.29) is 0 Å². The third-order valence-corrected chi connectivity index (χ3v) is 3.85. The molecule has 0 atom stereocenters. The molecule has 1 nitrogen and oxygen atoms in total. The summed E-state index contributed by atoms with van der Waals surface area (Å²) < 4.78 is 1.09. The van der Waals surface area contributed by atoms with Crippen LogP contribution in [-0.4, -0.2) is 5.11 Å². The van der Waals surface area contributed by atoms with E-state index < -0.39 is 0 Å². The van der Waals surface area contributed by atoms with Crippen molar-refractivity contribution in [3.63, 3.8) is 0 Å². The van der Waals surface area contributed by atoms with Gasteiger partial charge in [-0.2, -0.15) is 0 Å². The molecule has 0 aliphatic heterocycles. The molecule has 1 N–H and O–H groups in total. The first kappa shape index (κ1) is 11.3. The molecule has 2 heteroatoms. The molecule has 0 saturated heterocycles. The minimum Gasteiger partial charge on any atom is -0.507 e. The fraction of sp³-hybridized carbons (Fsp3) is 0.333. The van der Waals surface area contributed by atoms with Gasteiger partial charge >= 0.3 is 0 Å². The first-order valence-electron chi connectivity index (χ1n) is 4.58. The van der Waals surface area contributed by atoms with E-state index in [0.29, 0.717) is 12.2 Å². The van der Waals surface area contributed by atoms with E-state index in [9.17, 15) is 5.11 Å². The number of allylic oxidation sites excluding steroid dienone is 1. The van der Waals surface area contributed by atoms with Crippen molar-refractivity contribution in [2.24, 2.45) is 0 Å². The number of aromatic hydroxyl groups is 1. The Kier molecular flexibility index (Phi) is 3.38. The van der Waals surface area contributed by atoms with Gasteiger partial charge in [0.05, 0.1) is 0 Å². The highest BCUT2D eigenvalue weighted by molar-refractivity contribution is 9.10. The van der Waals surface area contributed by atoms with Crippen LogP contribution in [0.25, 0.3) is 0 Å². The van der Waals surface area contributed by atoms with Crippen molar-refractivity contribution in [2.75, 3.05) is 0 Å². The second-order valence-corrected chi connectivity index (χ2v) is 4.30. The maximum atomic E-state index is 9.95. The Hall–Kier alpha value is -0.760. The van der Waals surface area contributed by atoms with Crippen molar-refractivity contribution in [3.8, 4) is 5.75 Å². The summed E-state index contributed by atoms with van der Waals surface area (Å²) in [6.45, 7) is 9.64. The molecular formula is C12H15BrO. The highest BCUT2D eigenvalue weighted by atomic mass is 79.9. The number of phenols is 1. The van der Waals surface area contributed by atoms with Crippen molar-refractivity contribution in [1.82, 2.24) is 0 Å². The zero-order valence-electron chi connectivity index (χ0n) is 8.82. The molecule has 0 bridgehead atoms. The number of halogens is 1. The first-order valence-corrected chi connectivity index (χ1v) is 5.38. The summed E-state index contributed by atoms with van der Waals surface area (Å²) in [5.74, 6) is 0.406. The Bertz CT molecular complexity index is 351. The van der Waals surface area contributed by atoms with E-state index in [2.05, 4.69) is 22.5 Å². The Balaban J connectivity index is 3.50. The standard InChI is InChI=1S/C12H15BrO/c1-5-6-10-9(4)11(13)7(2)8(3)12(10)14/h5,14H,1,6H2,2-4H3. The number of hydrogen-bond acceptors (Lipinski definition) is 1. The van der Waals surface area contributed by atoms with Crippen molar-refractivity contribution >= 4 is 15.9 Å². The number of hydrogen-bond donors (Lipinski definition) is 1. The summed E-state index contributed by atoms with van der Waals surface area (Å²) in [5, 5.41) is 9.95. The summed E-state index contributed by atoms with van der Waals surface area (Å²) in [4.78, 5) is 0. The van der Waals surface area contributed by atoms with E-state index in [4.69, 9.17) is 0 Å². The SMILES string of the molecule is C=CCc1c(C)c(Br)c(C)c(C)c1O. The third kappa shape index (κ3) is 1.71. The summed E-state index contributed by atoms with van der Waals surface area (Å²) in [6.07, 6.45) is 2.51. The maximum absolute atomic E-state index is 9.95. The van der Waals surface area contributed by atoms with E-state index in [1.165, 1.54) is 0 Å². The van der Waals surface area contributed by atoms with Crippen LogP contribution in [0.1, 0.15) is 22.3 Å². The zero-order valence-corrected chi connectivity index (χ0v) is 10.4. The predicted octanol–water partition coefficient (Wildman–Crippen LogP) is 3.81. The average molecular weight is 255 g/mol. The molecule has 0 radical (unpaired) electrons. The van der Waals surface area contributed by atoms with Gasteiger partial charge in [-0.1, -0.05) is 22.0 Å². The van der Waals surface area contributed by atoms with E-state index in [0.717, 1.165) is 26.7 Å². The molecule has 1 rings (SSSR count). The van der Waals surface area contributed by atoms with Gasteiger partial charge in [0.1, 0.15) is 5.75 Å². The highest BCUT2D eigenvalue weighted by Crippen LogP contribution is 2.35. The fourth-order valence-electron chi connectivity index (χ4n) is 1.55. The number of phenolic OH excluding ortho intramolecular Hbond substituents is 1. The second kappa shape index (κ2) is 4.18. The minimum absolute atomic E-state index is 0.406. The lowest BCUT2D eigenvalue weighted by Gasteiger charge is -2.14. The van der Waals surface area contributed by atoms with Crippen LogP contribution in [0.4, 0.5) is 0 Å². The van der Waals surface area contributed by atoms with Gasteiger partial charge in [0.15, 0.2) is 0 Å². The third-order valence-electron chi connectivity index (χ3n) is 2.66. The smallest absolute Gasteiger partial charge is 0.122 e. The molecule has 1 aromatic rings. The molecule has 0 saturated carbocycles. The van der Waals surface area contributed by atoms with Crippen LogP contribution in [0.5, 0.6) is 5.75 Å². The van der Waals surface area contributed by atoms with E-state index in [1.807, 2.05) is 26.8 Å². The summed E-state index contributed by atoms with van der Waals surface area (Å²) >= 11 is 3.54. The van der Waals surface area contributed by atoms with Crippen molar-refractivity contribution in [3.05, 3.63) is 39.4 Å². The van der Waals surface area contributed by atoms with E-state index >= 15 is 0 Å². The molecular weight excluding hydrogens is 240 g/mol. The molecule has 0 fully saturated rings. The van der Waals surface area contributed by atoms with Crippen LogP contribution in [0.2, 0.25) is 0 Å². The quantitative estimate of drug-likeness (QED) is 0.797. The van der Waals surface area contributed by atoms with Gasteiger partial charge < -0.3 is 5.11 Å². The Morgan fingerprint density at radius 1 is 1.21 bits per heavy atom. The average Bonchev–Trinajstić information content (AvgIpc) is 2.19. The van der Waals surface area contributed by atoms with Gasteiger partial charge in [0.25, 0.3) is 0 Å². The molecule has 1 aromatic carbocycles. The van der Waals surface area contributed by atoms with Gasteiger partial charge in [-0.05, 0) is 43.9 Å². The summed E-state index contributed by atoms with van der Waals surface area (Å²) in [5.41, 5.74) is 4.12. The van der Waals surface area contributed by atoms with Gasteiger partial charge in [-0.25, -0.2) is 0 Å². The van der Waals surface area contributed by atoms with Crippen molar-refractivity contribution in [1.29, 1.82) is 0 Å². The lowest BCUT2D eigenvalue weighted by Crippen LogP contribution is -1.96. The Labute approximate surface area is 93.6 Å². The highest BCUT2D eigenvalue weighted by Gasteiger charge is 2.13. The number of benzene rings is 1. The van der Waals surface area contributed by atoms with E-state index in [1.54, 1.807) is 0 Å². The maximum Gasteiger partial charge on any atom is 0.122 e. The first-order chi connectivity index (χ1) is 6.50. The predicted molar refractivity (Wildman–Crippen MR) is 63.9 cm³/mol. The lowest BCUT2D eigenvalue weighted by molar-refractivity contribution is 0.464. The lowest BCUT2D eigenvalue weighted by atomic mass is 9.97. The van der Waals surface area contributed by atoms with Gasteiger partial charge in [0, 0.05) is 10.0 Å². The van der Waals surface area contributed by atoms with Gasteiger partial charge in [-0.15, -0.1) is 6.58 Å². The zero-order chi connectivity index (χ0) is 10.9. The second-order valence-electron chi connectivity index (χ2n) is 3.51. The van der Waals surface area contributed by atoms with Crippen molar-refractivity contribution < 1.29 is 5.11 Å². The molecule has 14 heavy (non-hydrogen) atoms. The molecule has 0 aliphatic carbocycles. The van der Waals surface area contributed by atoms with Gasteiger partial charge in [-0.3, -0.25) is 0 Å². The molecule has 76 valence electrons. The minimum atomic E-state index is 0.406. The topological polar surface area (TPSA) is 20.2 Å². The molecule has 0 amide bonds. The molecule has 0 heterocycles. The van der Waals surface area contributed by atoms with Crippen LogP contribution in [0, 0.1) is 20.8 Å². The van der Waals surface area contributed by atoms with Crippen LogP contribution in [0.3, 0.4) is 0 Å². The summed E-state index contributed by atoms with van der Waals surface area (Å²) in [7, 11) is 0. The largest absolute Gasteiger partial charge is 0.507 e. The van der Waals surface area contributed by atoms with Crippen LogP contribution >= 0.6 is 15.9 Å². The van der Waals surface area contributed by atoms with Crippen molar-refractivity contribution in [2.45, 2.75) is 27.2 Å². The normalized spacial score (nSPS) is 10.3. The molecule has 0 aromatic heterocycles. The van der Waals surface area contributed by atoms with Gasteiger partial charge in [0.2, 0.25) is 0 Å². The fourth-order valence-corrected chi connectivity index (χ4v) is 2.09. The monoisotopic (exact) mass is 254 g/mol. The Morgan fingerprint density at radius 3 is 2.29 bits per heavy atom.